The minimum atomic E-state index is -1.15. The first kappa shape index (κ1) is 19.0. The molecule has 0 aliphatic carbocycles. The number of hydrogen-bond acceptors (Lipinski definition) is 6. The van der Waals surface area contributed by atoms with E-state index in [2.05, 4.69) is 4.90 Å². The lowest BCUT2D eigenvalue weighted by molar-refractivity contribution is -0.152. The topological polar surface area (TPSA) is 68.2 Å². The Morgan fingerprint density at radius 1 is 1.22 bits per heavy atom. The summed E-state index contributed by atoms with van der Waals surface area (Å²) in [5.74, 6) is 0.987. The Morgan fingerprint density at radius 2 is 1.96 bits per heavy atom. The van der Waals surface area contributed by atoms with Gasteiger partial charge in [0, 0.05) is 6.42 Å². The van der Waals surface area contributed by atoms with Crippen molar-refractivity contribution in [3.05, 3.63) is 54.1 Å². The molecular formula is C21H25NO5. The van der Waals surface area contributed by atoms with Crippen LogP contribution < -0.4 is 14.4 Å². The van der Waals surface area contributed by atoms with Gasteiger partial charge in [0.05, 0.1) is 18.8 Å². The average molecular weight is 371 g/mol. The van der Waals surface area contributed by atoms with Crippen molar-refractivity contribution in [2.45, 2.75) is 32.6 Å². The van der Waals surface area contributed by atoms with Gasteiger partial charge in [-0.1, -0.05) is 24.3 Å². The molecular weight excluding hydrogens is 346 g/mol. The smallest absolute Gasteiger partial charge is 0.335 e. The predicted octanol–water partition coefficient (Wildman–Crippen LogP) is 2.78. The Labute approximate surface area is 159 Å². The van der Waals surface area contributed by atoms with Crippen molar-refractivity contribution in [1.29, 1.82) is 0 Å². The highest BCUT2D eigenvalue weighted by atomic mass is 16.5. The molecule has 3 rings (SSSR count). The third-order valence-corrected chi connectivity index (χ3v) is 4.42. The second-order valence-electron chi connectivity index (χ2n) is 6.34. The zero-order chi connectivity index (χ0) is 19.2. The fourth-order valence-electron chi connectivity index (χ4n) is 3.08. The minimum Gasteiger partial charge on any atom is -0.490 e. The van der Waals surface area contributed by atoms with E-state index in [9.17, 15) is 9.90 Å². The van der Waals surface area contributed by atoms with Gasteiger partial charge in [0.2, 0.25) is 0 Å². The van der Waals surface area contributed by atoms with Crippen LogP contribution in [-0.2, 0) is 16.0 Å². The summed E-state index contributed by atoms with van der Waals surface area (Å²) in [5, 5.41) is 9.86. The number of anilines is 1. The lowest BCUT2D eigenvalue weighted by atomic mass is 10.1. The number of carbonyl (C=O) groups excluding carboxylic acids is 1. The maximum absolute atomic E-state index is 11.5. The van der Waals surface area contributed by atoms with Gasteiger partial charge in [0.25, 0.3) is 0 Å². The fraction of sp³-hybridized carbons (Fsp3) is 0.381. The molecule has 2 atom stereocenters. The number of benzene rings is 2. The molecule has 1 heterocycles. The molecule has 0 aromatic heterocycles. The molecule has 1 aliphatic rings. The number of aliphatic hydroxyl groups is 1. The van der Waals surface area contributed by atoms with Crippen molar-refractivity contribution in [2.75, 3.05) is 24.7 Å². The highest BCUT2D eigenvalue weighted by molar-refractivity contribution is 5.74. The Kier molecular flexibility index (Phi) is 6.19. The van der Waals surface area contributed by atoms with E-state index < -0.39 is 12.1 Å². The predicted molar refractivity (Wildman–Crippen MR) is 102 cm³/mol. The molecule has 0 fully saturated rings. The number of carbonyl (C=O) groups is 1. The SMILES string of the molecule is CCOC(=O)C(O)Cc1ccc(OC(C)N2CCOc3ccccc32)cc1. The first-order chi connectivity index (χ1) is 13.1. The van der Waals surface area contributed by atoms with Crippen molar-refractivity contribution in [3.63, 3.8) is 0 Å². The van der Waals surface area contributed by atoms with Gasteiger partial charge >= 0.3 is 5.97 Å². The molecule has 144 valence electrons. The van der Waals surface area contributed by atoms with Crippen LogP contribution in [0.25, 0.3) is 0 Å². The lowest BCUT2D eigenvalue weighted by Crippen LogP contribution is -2.42. The van der Waals surface area contributed by atoms with Gasteiger partial charge in [-0.15, -0.1) is 0 Å². The molecule has 0 radical (unpaired) electrons. The summed E-state index contributed by atoms with van der Waals surface area (Å²) < 4.78 is 16.6. The van der Waals surface area contributed by atoms with Gasteiger partial charge in [-0.3, -0.25) is 0 Å². The molecule has 1 aliphatic heterocycles. The number of nitrogens with zero attached hydrogens (tertiary/aromatic N) is 1. The van der Waals surface area contributed by atoms with E-state index in [1.807, 2.05) is 55.5 Å². The molecule has 1 N–H and O–H groups in total. The van der Waals surface area contributed by atoms with Gasteiger partial charge in [-0.2, -0.15) is 0 Å². The first-order valence-electron chi connectivity index (χ1n) is 9.17. The van der Waals surface area contributed by atoms with Gasteiger partial charge in [0.1, 0.15) is 18.1 Å². The molecule has 6 heteroatoms. The van der Waals surface area contributed by atoms with Crippen LogP contribution in [-0.4, -0.2) is 43.2 Å². The Bertz CT molecular complexity index is 761. The number of fused-ring (bicyclic) bond motifs is 1. The third kappa shape index (κ3) is 4.71. The number of hydrogen-bond donors (Lipinski definition) is 1. The molecule has 0 amide bonds. The molecule has 0 saturated carbocycles. The maximum atomic E-state index is 11.5. The number of esters is 1. The van der Waals surface area contributed by atoms with Crippen LogP contribution in [0.2, 0.25) is 0 Å². The molecule has 0 bridgehead atoms. The summed E-state index contributed by atoms with van der Waals surface area (Å²) in [4.78, 5) is 13.7. The highest BCUT2D eigenvalue weighted by Gasteiger charge is 2.23. The molecule has 27 heavy (non-hydrogen) atoms. The van der Waals surface area contributed by atoms with Crippen LogP contribution in [0.5, 0.6) is 11.5 Å². The van der Waals surface area contributed by atoms with E-state index in [1.54, 1.807) is 6.92 Å². The van der Waals surface area contributed by atoms with E-state index in [4.69, 9.17) is 14.2 Å². The van der Waals surface area contributed by atoms with E-state index in [0.29, 0.717) is 6.61 Å². The van der Waals surface area contributed by atoms with Crippen LogP contribution in [0.3, 0.4) is 0 Å². The number of para-hydroxylation sites is 2. The van der Waals surface area contributed by atoms with E-state index >= 15 is 0 Å². The quantitative estimate of drug-likeness (QED) is 0.755. The largest absolute Gasteiger partial charge is 0.490 e. The molecule has 2 aromatic rings. The van der Waals surface area contributed by atoms with Gasteiger partial charge < -0.3 is 24.2 Å². The van der Waals surface area contributed by atoms with Crippen LogP contribution in [0.15, 0.2) is 48.5 Å². The molecule has 6 nitrogen and oxygen atoms in total. The highest BCUT2D eigenvalue weighted by Crippen LogP contribution is 2.32. The summed E-state index contributed by atoms with van der Waals surface area (Å²) in [7, 11) is 0. The zero-order valence-electron chi connectivity index (χ0n) is 15.6. The van der Waals surface area contributed by atoms with Gasteiger partial charge in [-0.05, 0) is 43.7 Å². The van der Waals surface area contributed by atoms with Crippen molar-refractivity contribution in [1.82, 2.24) is 0 Å². The van der Waals surface area contributed by atoms with Crippen molar-refractivity contribution in [2.24, 2.45) is 0 Å². The van der Waals surface area contributed by atoms with Gasteiger partial charge in [-0.25, -0.2) is 4.79 Å². The Balaban J connectivity index is 1.61. The van der Waals surface area contributed by atoms with E-state index in [-0.39, 0.29) is 19.3 Å². The van der Waals surface area contributed by atoms with Crippen LogP contribution in [0, 0.1) is 0 Å². The Hall–Kier alpha value is -2.73. The average Bonchev–Trinajstić information content (AvgIpc) is 2.69. The third-order valence-electron chi connectivity index (χ3n) is 4.42. The van der Waals surface area contributed by atoms with E-state index in [0.717, 1.165) is 29.3 Å². The zero-order valence-corrected chi connectivity index (χ0v) is 15.6. The first-order valence-corrected chi connectivity index (χ1v) is 9.17. The van der Waals surface area contributed by atoms with Crippen molar-refractivity contribution in [3.8, 4) is 11.5 Å². The van der Waals surface area contributed by atoms with Crippen LogP contribution >= 0.6 is 0 Å². The normalized spacial score (nSPS) is 15.3. The van der Waals surface area contributed by atoms with Crippen LogP contribution in [0.4, 0.5) is 5.69 Å². The van der Waals surface area contributed by atoms with Crippen molar-refractivity contribution >= 4 is 11.7 Å². The fourth-order valence-corrected chi connectivity index (χ4v) is 3.08. The summed E-state index contributed by atoms with van der Waals surface area (Å²) in [6.45, 7) is 5.34. The second kappa shape index (κ2) is 8.77. The summed E-state index contributed by atoms with van der Waals surface area (Å²) in [5.41, 5.74) is 1.86. The summed E-state index contributed by atoms with van der Waals surface area (Å²) in [6.07, 6.45) is -1.10. The van der Waals surface area contributed by atoms with Crippen LogP contribution in [0.1, 0.15) is 19.4 Å². The Morgan fingerprint density at radius 3 is 2.70 bits per heavy atom. The summed E-state index contributed by atoms with van der Waals surface area (Å²) >= 11 is 0. The monoisotopic (exact) mass is 371 g/mol. The second-order valence-corrected chi connectivity index (χ2v) is 6.34. The van der Waals surface area contributed by atoms with Gasteiger partial charge in [0.15, 0.2) is 12.3 Å². The lowest BCUT2D eigenvalue weighted by Gasteiger charge is -2.35. The number of rotatable bonds is 7. The minimum absolute atomic E-state index is 0.161. The number of aliphatic hydroxyl groups excluding tert-OH is 1. The van der Waals surface area contributed by atoms with Crippen molar-refractivity contribution < 1.29 is 24.1 Å². The molecule has 2 aromatic carbocycles. The molecule has 0 spiro atoms. The summed E-state index contributed by atoms with van der Waals surface area (Å²) in [6, 6.07) is 15.3. The standard InChI is InChI=1S/C21H25NO5/c1-3-25-21(24)19(23)14-16-8-10-17(11-9-16)27-15(2)22-12-13-26-20-7-5-4-6-18(20)22/h4-11,15,19,23H,3,12-14H2,1-2H3. The molecule has 0 saturated heterocycles. The maximum Gasteiger partial charge on any atom is 0.335 e. The number of ether oxygens (including phenoxy) is 3. The molecule has 2 unspecified atom stereocenters. The van der Waals surface area contributed by atoms with E-state index in [1.165, 1.54) is 0 Å².